The lowest BCUT2D eigenvalue weighted by molar-refractivity contribution is -0.287. The fourth-order valence-corrected chi connectivity index (χ4v) is 2.59. The molecule has 0 bridgehead atoms. The van der Waals surface area contributed by atoms with Crippen molar-refractivity contribution in [3.8, 4) is 0 Å². The molecule has 0 aliphatic rings. The van der Waals surface area contributed by atoms with Crippen LogP contribution in [0.5, 0.6) is 0 Å². The van der Waals surface area contributed by atoms with Crippen molar-refractivity contribution in [2.45, 2.75) is 25.4 Å². The molecule has 0 aliphatic heterocycles. The molecule has 0 aliphatic carbocycles. The predicted octanol–water partition coefficient (Wildman–Crippen LogP) is 4.74. The lowest BCUT2D eigenvalue weighted by Gasteiger charge is -2.23. The highest BCUT2D eigenvalue weighted by Crippen LogP contribution is 2.41. The van der Waals surface area contributed by atoms with Crippen molar-refractivity contribution in [1.82, 2.24) is 4.57 Å². The Morgan fingerprint density at radius 1 is 1.09 bits per heavy atom. The number of hydrogen-bond acceptors (Lipinski definition) is 1. The summed E-state index contributed by atoms with van der Waals surface area (Å²) in [4.78, 5) is 0. The molecular weight excluding hydrogens is 397 g/mol. The number of nitrogens with zero attached hydrogens (tertiary/aromatic N) is 1. The van der Waals surface area contributed by atoms with E-state index in [4.69, 9.17) is 5.73 Å². The predicted molar refractivity (Wildman–Crippen MR) is 73.1 cm³/mol. The van der Waals surface area contributed by atoms with Gasteiger partial charge in [-0.15, -0.1) is 0 Å². The van der Waals surface area contributed by atoms with Crippen molar-refractivity contribution in [3.63, 3.8) is 0 Å². The third kappa shape index (κ3) is 3.63. The minimum Gasteiger partial charge on any atom is -0.346 e. The molecule has 0 saturated heterocycles. The molecular formula is C13H10BrF7N2. The summed E-state index contributed by atoms with van der Waals surface area (Å²) in [7, 11) is 0. The van der Waals surface area contributed by atoms with Gasteiger partial charge in [-0.1, -0.05) is 0 Å². The van der Waals surface area contributed by atoms with Crippen LogP contribution in [-0.2, 0) is 13.1 Å². The van der Waals surface area contributed by atoms with Gasteiger partial charge in [0.05, 0.1) is 4.47 Å². The Hall–Kier alpha value is -1.29. The molecule has 0 spiro atoms. The summed E-state index contributed by atoms with van der Waals surface area (Å²) in [5, 5.41) is 0.177. The van der Waals surface area contributed by atoms with Crippen LogP contribution < -0.4 is 5.73 Å². The highest BCUT2D eigenvalue weighted by molar-refractivity contribution is 9.10. The molecule has 1 aromatic heterocycles. The summed E-state index contributed by atoms with van der Waals surface area (Å²) < 4.78 is 90.5. The number of fused-ring (bicyclic) bond motifs is 1. The molecule has 2 rings (SSSR count). The maximum atomic E-state index is 13.6. The minimum absolute atomic E-state index is 0.0391. The second-order valence-corrected chi connectivity index (χ2v) is 5.78. The lowest BCUT2D eigenvalue weighted by Crippen LogP contribution is -2.39. The van der Waals surface area contributed by atoms with Crippen LogP contribution in [0, 0.1) is 11.7 Å². The van der Waals surface area contributed by atoms with E-state index in [1.165, 1.54) is 0 Å². The van der Waals surface area contributed by atoms with Crippen molar-refractivity contribution in [1.29, 1.82) is 0 Å². The summed E-state index contributed by atoms with van der Waals surface area (Å²) >= 11 is 2.86. The number of halogens is 8. The van der Waals surface area contributed by atoms with E-state index in [2.05, 4.69) is 15.9 Å². The molecule has 0 atom stereocenters. The van der Waals surface area contributed by atoms with Gasteiger partial charge in [0, 0.05) is 30.2 Å². The Labute approximate surface area is 134 Å². The van der Waals surface area contributed by atoms with E-state index in [9.17, 15) is 30.7 Å². The number of alkyl halides is 6. The molecule has 2 aromatic rings. The number of hydrogen-bond donors (Lipinski definition) is 1. The third-order valence-corrected chi connectivity index (χ3v) is 4.00. The maximum Gasteiger partial charge on any atom is 0.402 e. The van der Waals surface area contributed by atoms with E-state index in [0.717, 1.165) is 22.9 Å². The molecule has 23 heavy (non-hydrogen) atoms. The average Bonchev–Trinajstić information content (AvgIpc) is 2.71. The van der Waals surface area contributed by atoms with Crippen LogP contribution in [0.3, 0.4) is 0 Å². The molecule has 2 nitrogen and oxygen atoms in total. The lowest BCUT2D eigenvalue weighted by atomic mass is 10.1. The zero-order valence-electron chi connectivity index (χ0n) is 11.3. The van der Waals surface area contributed by atoms with Gasteiger partial charge in [0.1, 0.15) is 5.82 Å². The number of nitrogens with two attached hydrogens (primary N) is 1. The van der Waals surface area contributed by atoms with Crippen LogP contribution in [0.2, 0.25) is 0 Å². The van der Waals surface area contributed by atoms with Gasteiger partial charge in [0.2, 0.25) is 0 Å². The molecule has 0 saturated carbocycles. The van der Waals surface area contributed by atoms with Crippen molar-refractivity contribution < 1.29 is 30.7 Å². The van der Waals surface area contributed by atoms with E-state index in [-0.39, 0.29) is 27.5 Å². The van der Waals surface area contributed by atoms with Crippen LogP contribution in [0.15, 0.2) is 22.8 Å². The van der Waals surface area contributed by atoms with Gasteiger partial charge in [-0.2, -0.15) is 26.3 Å². The number of rotatable bonds is 3. The minimum atomic E-state index is -5.45. The molecule has 0 unspecified atom stereocenters. The number of benzene rings is 1. The molecule has 0 amide bonds. The Morgan fingerprint density at radius 2 is 1.65 bits per heavy atom. The summed E-state index contributed by atoms with van der Waals surface area (Å²) in [5.74, 6) is -4.21. The first-order chi connectivity index (χ1) is 10.4. The summed E-state index contributed by atoms with van der Waals surface area (Å²) in [6.07, 6.45) is -9.81. The third-order valence-electron chi connectivity index (χ3n) is 3.40. The van der Waals surface area contributed by atoms with E-state index < -0.39 is 30.6 Å². The van der Waals surface area contributed by atoms with E-state index >= 15 is 0 Å². The van der Waals surface area contributed by atoms with Crippen LogP contribution in [0.1, 0.15) is 5.56 Å². The smallest absolute Gasteiger partial charge is 0.346 e. The van der Waals surface area contributed by atoms with Crippen LogP contribution in [-0.4, -0.2) is 16.9 Å². The van der Waals surface area contributed by atoms with Gasteiger partial charge in [-0.05, 0) is 33.6 Å². The Bertz CT molecular complexity index is 704. The topological polar surface area (TPSA) is 30.9 Å². The van der Waals surface area contributed by atoms with E-state index in [0.29, 0.717) is 0 Å². The molecule has 0 fully saturated rings. The van der Waals surface area contributed by atoms with Crippen LogP contribution in [0.25, 0.3) is 10.9 Å². The second-order valence-electron chi connectivity index (χ2n) is 4.93. The van der Waals surface area contributed by atoms with Gasteiger partial charge in [0.25, 0.3) is 0 Å². The van der Waals surface area contributed by atoms with Crippen molar-refractivity contribution in [3.05, 3.63) is 34.2 Å². The fourth-order valence-electron chi connectivity index (χ4n) is 2.26. The van der Waals surface area contributed by atoms with Crippen molar-refractivity contribution in [2.75, 3.05) is 0 Å². The van der Waals surface area contributed by atoms with E-state index in [1.54, 1.807) is 0 Å². The first kappa shape index (κ1) is 18.1. The summed E-state index contributed by atoms with van der Waals surface area (Å²) in [6.45, 7) is -1.51. The Kier molecular flexibility index (Phi) is 4.69. The molecule has 1 heterocycles. The molecule has 128 valence electrons. The molecule has 2 N–H and O–H groups in total. The van der Waals surface area contributed by atoms with Crippen LogP contribution in [0.4, 0.5) is 30.7 Å². The van der Waals surface area contributed by atoms with E-state index in [1.807, 2.05) is 0 Å². The highest BCUT2D eigenvalue weighted by Gasteiger charge is 2.56. The zero-order chi connectivity index (χ0) is 17.6. The Balaban J connectivity index is 2.57. The normalized spacial score (nSPS) is 13.3. The summed E-state index contributed by atoms with van der Waals surface area (Å²) in [5.41, 5.74) is 5.73. The van der Waals surface area contributed by atoms with Gasteiger partial charge >= 0.3 is 12.4 Å². The average molecular weight is 407 g/mol. The zero-order valence-corrected chi connectivity index (χ0v) is 12.9. The SMILES string of the molecule is NCc1cn(CC(C(F)(F)F)C(F)(F)F)c2cc(Br)c(F)cc12. The van der Waals surface area contributed by atoms with Crippen LogP contribution >= 0.6 is 15.9 Å². The van der Waals surface area contributed by atoms with Gasteiger partial charge < -0.3 is 10.3 Å². The first-order valence-corrected chi connectivity index (χ1v) is 7.04. The molecule has 1 aromatic carbocycles. The first-order valence-electron chi connectivity index (χ1n) is 6.25. The summed E-state index contributed by atoms with van der Waals surface area (Å²) in [6, 6.07) is 2.15. The van der Waals surface area contributed by atoms with Gasteiger partial charge in [-0.3, -0.25) is 0 Å². The van der Waals surface area contributed by atoms with Crippen molar-refractivity contribution >= 4 is 26.8 Å². The molecule has 10 heteroatoms. The fraction of sp³-hybridized carbons (Fsp3) is 0.385. The number of aromatic nitrogens is 1. The Morgan fingerprint density at radius 3 is 2.13 bits per heavy atom. The monoisotopic (exact) mass is 406 g/mol. The standard InChI is InChI=1S/C13H10BrF7N2/c14-8-2-10-7(1-9(8)15)6(3-22)4-23(10)5-11(12(16,17)18)13(19,20)21/h1-2,4,11H,3,5,22H2. The highest BCUT2D eigenvalue weighted by atomic mass is 79.9. The van der Waals surface area contributed by atoms with Gasteiger partial charge in [0.15, 0.2) is 5.92 Å². The second kappa shape index (κ2) is 5.97. The van der Waals surface area contributed by atoms with Gasteiger partial charge in [-0.25, -0.2) is 4.39 Å². The van der Waals surface area contributed by atoms with Crippen molar-refractivity contribution in [2.24, 2.45) is 11.7 Å². The maximum absolute atomic E-state index is 13.6. The molecule has 0 radical (unpaired) electrons. The largest absolute Gasteiger partial charge is 0.402 e. The quantitative estimate of drug-likeness (QED) is 0.733.